The number of aromatic nitrogens is 1. The molecule has 0 spiro atoms. The Bertz CT molecular complexity index is 687. The van der Waals surface area contributed by atoms with E-state index in [2.05, 4.69) is 10.3 Å². The smallest absolute Gasteiger partial charge is 0.354 e. The number of nitrogens with zero attached hydrogens (tertiary/aromatic N) is 1. The Kier molecular flexibility index (Phi) is 4.22. The number of pyridine rings is 1. The molecule has 2 aromatic rings. The Balaban J connectivity index is 2.04. The molecular weight excluding hydrogens is 282 g/mol. The fourth-order valence-electron chi connectivity index (χ4n) is 1.60. The number of benzene rings is 1. The van der Waals surface area contributed by atoms with Gasteiger partial charge in [-0.1, -0.05) is 6.07 Å². The minimum atomic E-state index is -1.16. The van der Waals surface area contributed by atoms with Crippen molar-refractivity contribution in [1.29, 1.82) is 0 Å². The fourth-order valence-corrected chi connectivity index (χ4v) is 1.60. The lowest BCUT2D eigenvalue weighted by Gasteiger charge is -2.06. The molecule has 0 radical (unpaired) electrons. The van der Waals surface area contributed by atoms with Crippen LogP contribution in [-0.4, -0.2) is 22.0 Å². The Morgan fingerprint density at radius 3 is 2.57 bits per heavy atom. The third kappa shape index (κ3) is 3.59. The zero-order valence-corrected chi connectivity index (χ0v) is 10.6. The van der Waals surface area contributed by atoms with Crippen molar-refractivity contribution in [3.8, 4) is 0 Å². The molecule has 1 aromatic heterocycles. The van der Waals surface area contributed by atoms with Gasteiger partial charge in [-0.3, -0.25) is 4.79 Å². The van der Waals surface area contributed by atoms with E-state index in [9.17, 15) is 18.4 Å². The molecule has 21 heavy (non-hydrogen) atoms. The highest BCUT2D eigenvalue weighted by Gasteiger charge is 2.12. The molecule has 2 N–H and O–H groups in total. The molecule has 1 aromatic carbocycles. The predicted molar refractivity (Wildman–Crippen MR) is 68.7 cm³/mol. The lowest BCUT2D eigenvalue weighted by atomic mass is 10.2. The van der Waals surface area contributed by atoms with Crippen molar-refractivity contribution in [1.82, 2.24) is 10.3 Å². The summed E-state index contributed by atoms with van der Waals surface area (Å²) in [6.07, 6.45) is 1.28. The molecular formula is C14H10F2N2O3. The lowest BCUT2D eigenvalue weighted by molar-refractivity contribution is 0.0690. The second-order valence-corrected chi connectivity index (χ2v) is 4.16. The highest BCUT2D eigenvalue weighted by atomic mass is 19.1. The van der Waals surface area contributed by atoms with E-state index in [1.165, 1.54) is 18.3 Å². The maximum Gasteiger partial charge on any atom is 0.354 e. The average molecular weight is 292 g/mol. The average Bonchev–Trinajstić information content (AvgIpc) is 2.47. The highest BCUT2D eigenvalue weighted by molar-refractivity contribution is 5.94. The van der Waals surface area contributed by atoms with Crippen molar-refractivity contribution in [2.24, 2.45) is 0 Å². The third-order valence-electron chi connectivity index (χ3n) is 2.67. The van der Waals surface area contributed by atoms with Crippen LogP contribution in [0.1, 0.15) is 26.4 Å². The first-order valence-corrected chi connectivity index (χ1v) is 5.89. The SMILES string of the molecule is O=C(O)c1ccc(CNC(=O)c2cc(F)ccc2F)cn1. The van der Waals surface area contributed by atoms with Crippen LogP contribution in [0.25, 0.3) is 0 Å². The topological polar surface area (TPSA) is 79.3 Å². The van der Waals surface area contributed by atoms with Crippen LogP contribution in [0.3, 0.4) is 0 Å². The van der Waals surface area contributed by atoms with Gasteiger partial charge in [0.15, 0.2) is 0 Å². The Morgan fingerprint density at radius 2 is 1.95 bits per heavy atom. The molecule has 1 heterocycles. The second kappa shape index (κ2) is 6.08. The molecule has 7 heteroatoms. The number of carboxylic acid groups (broad SMARTS) is 1. The molecule has 0 saturated heterocycles. The first-order valence-electron chi connectivity index (χ1n) is 5.89. The Hall–Kier alpha value is -2.83. The van der Waals surface area contributed by atoms with Gasteiger partial charge in [-0.05, 0) is 29.8 Å². The summed E-state index contributed by atoms with van der Waals surface area (Å²) in [5, 5.41) is 11.1. The maximum atomic E-state index is 13.4. The van der Waals surface area contributed by atoms with Gasteiger partial charge in [0.25, 0.3) is 5.91 Å². The summed E-state index contributed by atoms with van der Waals surface area (Å²) in [5.74, 6) is -3.47. The minimum absolute atomic E-state index is 0.0156. The van der Waals surface area contributed by atoms with Crippen LogP contribution in [0.5, 0.6) is 0 Å². The summed E-state index contributed by atoms with van der Waals surface area (Å²) in [7, 11) is 0. The summed E-state index contributed by atoms with van der Waals surface area (Å²) in [5.41, 5.74) is 0.0107. The molecule has 0 unspecified atom stereocenters. The van der Waals surface area contributed by atoms with Gasteiger partial charge < -0.3 is 10.4 Å². The Labute approximate surface area is 118 Å². The van der Waals surface area contributed by atoms with Crippen LogP contribution in [0.4, 0.5) is 8.78 Å². The van der Waals surface area contributed by atoms with Crippen LogP contribution < -0.4 is 5.32 Å². The van der Waals surface area contributed by atoms with Crippen LogP contribution in [0, 0.1) is 11.6 Å². The van der Waals surface area contributed by atoms with Crippen molar-refractivity contribution in [3.63, 3.8) is 0 Å². The van der Waals surface area contributed by atoms with E-state index in [1.807, 2.05) is 0 Å². The standard InChI is InChI=1S/C14H10F2N2O3/c15-9-2-3-11(16)10(5-9)13(19)18-7-8-1-4-12(14(20)21)17-6-8/h1-6H,7H2,(H,18,19)(H,20,21). The van der Waals surface area contributed by atoms with Crippen molar-refractivity contribution < 1.29 is 23.5 Å². The summed E-state index contributed by atoms with van der Waals surface area (Å²) in [4.78, 5) is 26.0. The number of halogens is 2. The zero-order chi connectivity index (χ0) is 15.4. The van der Waals surface area contributed by atoms with Gasteiger partial charge in [0, 0.05) is 12.7 Å². The van der Waals surface area contributed by atoms with Crippen LogP contribution >= 0.6 is 0 Å². The molecule has 5 nitrogen and oxygen atoms in total. The summed E-state index contributed by atoms with van der Waals surface area (Å²) in [6, 6.07) is 5.34. The van der Waals surface area contributed by atoms with E-state index >= 15 is 0 Å². The van der Waals surface area contributed by atoms with Gasteiger partial charge in [0.1, 0.15) is 17.3 Å². The number of hydrogen-bond acceptors (Lipinski definition) is 3. The lowest BCUT2D eigenvalue weighted by Crippen LogP contribution is -2.24. The molecule has 0 bridgehead atoms. The number of carbonyl (C=O) groups is 2. The highest BCUT2D eigenvalue weighted by Crippen LogP contribution is 2.10. The molecule has 108 valence electrons. The predicted octanol–water partition coefficient (Wildman–Crippen LogP) is 1.99. The Morgan fingerprint density at radius 1 is 1.19 bits per heavy atom. The van der Waals surface area contributed by atoms with E-state index in [4.69, 9.17) is 5.11 Å². The molecule has 0 aliphatic heterocycles. The second-order valence-electron chi connectivity index (χ2n) is 4.16. The monoisotopic (exact) mass is 292 g/mol. The fraction of sp³-hybridized carbons (Fsp3) is 0.0714. The van der Waals surface area contributed by atoms with Gasteiger partial charge in [-0.25, -0.2) is 18.6 Å². The van der Waals surface area contributed by atoms with Gasteiger partial charge in [-0.2, -0.15) is 0 Å². The maximum absolute atomic E-state index is 13.4. The van der Waals surface area contributed by atoms with Crippen molar-refractivity contribution in [2.75, 3.05) is 0 Å². The zero-order valence-electron chi connectivity index (χ0n) is 10.6. The molecule has 0 aliphatic rings. The van der Waals surface area contributed by atoms with Crippen LogP contribution in [0.2, 0.25) is 0 Å². The van der Waals surface area contributed by atoms with Crippen molar-refractivity contribution in [3.05, 3.63) is 65.0 Å². The van der Waals surface area contributed by atoms with Crippen LogP contribution in [-0.2, 0) is 6.54 Å². The van der Waals surface area contributed by atoms with E-state index in [-0.39, 0.29) is 12.2 Å². The molecule has 0 fully saturated rings. The molecule has 0 atom stereocenters. The van der Waals surface area contributed by atoms with Gasteiger partial charge in [0.2, 0.25) is 0 Å². The van der Waals surface area contributed by atoms with E-state index in [0.717, 1.165) is 18.2 Å². The third-order valence-corrected chi connectivity index (χ3v) is 2.67. The number of aromatic carboxylic acids is 1. The molecule has 2 rings (SSSR count). The van der Waals surface area contributed by atoms with Gasteiger partial charge >= 0.3 is 5.97 Å². The van der Waals surface area contributed by atoms with E-state index < -0.39 is 29.1 Å². The van der Waals surface area contributed by atoms with Crippen LogP contribution in [0.15, 0.2) is 36.5 Å². The van der Waals surface area contributed by atoms with E-state index in [0.29, 0.717) is 5.56 Å². The number of carboxylic acids is 1. The molecule has 0 aliphatic carbocycles. The number of hydrogen-bond donors (Lipinski definition) is 2. The molecule has 1 amide bonds. The normalized spacial score (nSPS) is 10.2. The van der Waals surface area contributed by atoms with Gasteiger partial charge in [0.05, 0.1) is 5.56 Å². The largest absolute Gasteiger partial charge is 0.477 e. The molecule has 0 saturated carbocycles. The van der Waals surface area contributed by atoms with Crippen molar-refractivity contribution in [2.45, 2.75) is 6.54 Å². The first kappa shape index (κ1) is 14.6. The summed E-state index contributed by atoms with van der Waals surface area (Å²) in [6.45, 7) is 0.0156. The number of amides is 1. The summed E-state index contributed by atoms with van der Waals surface area (Å²) >= 11 is 0. The van der Waals surface area contributed by atoms with E-state index in [1.54, 1.807) is 0 Å². The van der Waals surface area contributed by atoms with Crippen molar-refractivity contribution >= 4 is 11.9 Å². The minimum Gasteiger partial charge on any atom is -0.477 e. The van der Waals surface area contributed by atoms with Gasteiger partial charge in [-0.15, -0.1) is 0 Å². The number of nitrogens with one attached hydrogen (secondary N) is 1. The number of rotatable bonds is 4. The first-order chi connectivity index (χ1) is 9.97. The summed E-state index contributed by atoms with van der Waals surface area (Å²) < 4.78 is 26.4. The number of carbonyl (C=O) groups excluding carboxylic acids is 1. The quantitative estimate of drug-likeness (QED) is 0.903.